The van der Waals surface area contributed by atoms with Crippen LogP contribution in [0.2, 0.25) is 0 Å². The zero-order valence-corrected chi connectivity index (χ0v) is 18.6. The maximum atomic E-state index is 6.97. The summed E-state index contributed by atoms with van der Waals surface area (Å²) in [5.74, 6) is 6.02. The van der Waals surface area contributed by atoms with Crippen molar-refractivity contribution in [2.75, 3.05) is 6.54 Å². The molecule has 2 saturated heterocycles. The van der Waals surface area contributed by atoms with E-state index in [9.17, 15) is 0 Å². The van der Waals surface area contributed by atoms with E-state index in [1.807, 2.05) is 0 Å². The minimum atomic E-state index is 0.374. The summed E-state index contributed by atoms with van der Waals surface area (Å²) in [6.45, 7) is 13.8. The number of hydrogen-bond donors (Lipinski definition) is 0. The van der Waals surface area contributed by atoms with Crippen molar-refractivity contribution in [1.29, 1.82) is 0 Å². The van der Waals surface area contributed by atoms with Crippen LogP contribution < -0.4 is 0 Å². The van der Waals surface area contributed by atoms with Gasteiger partial charge in [0, 0.05) is 22.9 Å². The van der Waals surface area contributed by atoms with Gasteiger partial charge in [-0.15, -0.1) is 0 Å². The standard InChI is InChI=1S/C26H39NO/c1-15-6-7-17(3)24-26-12-13-27(25(4,5)19-10-11-19)20(21(15)26)14-18-9-8-16(2)23(28-24)22(18)26/h8-9,15,17-22,24H,6-7,10-14H2,1-5H3/t15-,17?,18?,20?,21?,22?,24?,26?/m0/s1. The van der Waals surface area contributed by atoms with Crippen LogP contribution in [0.4, 0.5) is 0 Å². The van der Waals surface area contributed by atoms with Crippen molar-refractivity contribution in [3.63, 3.8) is 0 Å². The summed E-state index contributed by atoms with van der Waals surface area (Å²) in [6.07, 6.45) is 13.8. The van der Waals surface area contributed by atoms with E-state index < -0.39 is 0 Å². The van der Waals surface area contributed by atoms with E-state index in [-0.39, 0.29) is 0 Å². The van der Waals surface area contributed by atoms with Gasteiger partial charge in [-0.3, -0.25) is 4.90 Å². The molecule has 0 aromatic carbocycles. The Labute approximate surface area is 171 Å². The van der Waals surface area contributed by atoms with Crippen LogP contribution in [-0.2, 0) is 4.74 Å². The monoisotopic (exact) mass is 381 g/mol. The van der Waals surface area contributed by atoms with Crippen LogP contribution in [-0.4, -0.2) is 29.1 Å². The molecule has 2 heteroatoms. The van der Waals surface area contributed by atoms with Gasteiger partial charge in [0.25, 0.3) is 0 Å². The second kappa shape index (κ2) is 5.68. The molecule has 0 amide bonds. The molecule has 0 aromatic rings. The summed E-state index contributed by atoms with van der Waals surface area (Å²) in [5, 5.41) is 0. The van der Waals surface area contributed by atoms with Gasteiger partial charge < -0.3 is 4.74 Å². The van der Waals surface area contributed by atoms with Crippen molar-refractivity contribution in [3.8, 4) is 0 Å². The van der Waals surface area contributed by atoms with Crippen LogP contribution in [0.25, 0.3) is 0 Å². The Kier molecular flexibility index (Phi) is 3.66. The van der Waals surface area contributed by atoms with Gasteiger partial charge in [-0.25, -0.2) is 0 Å². The van der Waals surface area contributed by atoms with Crippen LogP contribution in [0, 0.1) is 40.9 Å². The molecule has 8 atom stereocenters. The van der Waals surface area contributed by atoms with Crippen LogP contribution in [0.15, 0.2) is 23.5 Å². The molecule has 2 aliphatic heterocycles. The first-order valence-electron chi connectivity index (χ1n) is 12.2. The lowest BCUT2D eigenvalue weighted by molar-refractivity contribution is -0.161. The normalized spacial score (nSPS) is 50.2. The van der Waals surface area contributed by atoms with E-state index in [1.165, 1.54) is 56.4 Å². The van der Waals surface area contributed by atoms with E-state index in [1.54, 1.807) is 0 Å². The highest BCUT2D eigenvalue weighted by atomic mass is 16.5. The first-order chi connectivity index (χ1) is 13.4. The van der Waals surface area contributed by atoms with Gasteiger partial charge in [0.1, 0.15) is 11.9 Å². The average molecular weight is 382 g/mol. The van der Waals surface area contributed by atoms with Gasteiger partial charge >= 0.3 is 0 Å². The molecule has 0 N–H and O–H groups in total. The zero-order chi connectivity index (χ0) is 19.4. The molecular weight excluding hydrogens is 342 g/mol. The fraction of sp³-hybridized carbons (Fsp3) is 0.846. The average Bonchev–Trinajstić information content (AvgIpc) is 3.46. The molecule has 2 heterocycles. The van der Waals surface area contributed by atoms with E-state index in [0.717, 1.165) is 23.8 Å². The molecular formula is C26H39NO. The third kappa shape index (κ3) is 2.09. The third-order valence-corrected chi connectivity index (χ3v) is 10.3. The first kappa shape index (κ1) is 18.0. The lowest BCUT2D eigenvalue weighted by Crippen LogP contribution is -2.68. The predicted molar refractivity (Wildman–Crippen MR) is 114 cm³/mol. The summed E-state index contributed by atoms with van der Waals surface area (Å²) < 4.78 is 6.97. The predicted octanol–water partition coefficient (Wildman–Crippen LogP) is 5.80. The maximum absolute atomic E-state index is 6.97. The fourth-order valence-electron chi connectivity index (χ4n) is 8.95. The largest absolute Gasteiger partial charge is 0.493 e. The molecule has 5 fully saturated rings. The molecule has 2 bridgehead atoms. The fourth-order valence-corrected chi connectivity index (χ4v) is 8.95. The smallest absolute Gasteiger partial charge is 0.107 e. The van der Waals surface area contributed by atoms with Gasteiger partial charge in [-0.1, -0.05) is 26.0 Å². The number of piperidine rings is 1. The SMILES string of the molecule is CC1=C2OC3C(C)CC[C@H](C)C4C5CC(C=C1)C2C34CCN5C(C)(C)C1CC1. The summed E-state index contributed by atoms with van der Waals surface area (Å²) in [7, 11) is 0. The van der Waals surface area contributed by atoms with Crippen molar-refractivity contribution in [2.45, 2.75) is 90.8 Å². The molecule has 154 valence electrons. The van der Waals surface area contributed by atoms with Crippen LogP contribution in [0.5, 0.6) is 0 Å². The summed E-state index contributed by atoms with van der Waals surface area (Å²) in [6, 6.07) is 0.749. The highest BCUT2D eigenvalue weighted by Crippen LogP contribution is 2.70. The Morgan fingerprint density at radius 2 is 1.86 bits per heavy atom. The molecule has 0 radical (unpaired) electrons. The molecule has 1 spiro atoms. The Balaban J connectivity index is 1.51. The number of hydrogen-bond acceptors (Lipinski definition) is 2. The Hall–Kier alpha value is -0.760. The second-order valence-electron chi connectivity index (χ2n) is 11.9. The second-order valence-corrected chi connectivity index (χ2v) is 11.9. The highest BCUT2D eigenvalue weighted by Gasteiger charge is 2.70. The molecule has 7 unspecified atom stereocenters. The van der Waals surface area contributed by atoms with Crippen LogP contribution >= 0.6 is 0 Å². The minimum Gasteiger partial charge on any atom is -0.493 e. The third-order valence-electron chi connectivity index (χ3n) is 10.3. The van der Waals surface area contributed by atoms with E-state index in [2.05, 4.69) is 51.7 Å². The van der Waals surface area contributed by atoms with Gasteiger partial charge in [0.15, 0.2) is 0 Å². The topological polar surface area (TPSA) is 12.5 Å². The number of nitrogens with zero attached hydrogens (tertiary/aromatic N) is 1. The maximum Gasteiger partial charge on any atom is 0.107 e. The van der Waals surface area contributed by atoms with E-state index in [4.69, 9.17) is 4.74 Å². The number of allylic oxidation sites excluding steroid dienone is 4. The van der Waals surface area contributed by atoms with Gasteiger partial charge in [0.05, 0.1) is 0 Å². The van der Waals surface area contributed by atoms with E-state index >= 15 is 0 Å². The van der Waals surface area contributed by atoms with Crippen molar-refractivity contribution in [3.05, 3.63) is 23.5 Å². The van der Waals surface area contributed by atoms with Crippen molar-refractivity contribution in [1.82, 2.24) is 4.90 Å². The Morgan fingerprint density at radius 1 is 1.11 bits per heavy atom. The van der Waals surface area contributed by atoms with E-state index in [0.29, 0.717) is 34.8 Å². The molecule has 3 saturated carbocycles. The quantitative estimate of drug-likeness (QED) is 0.600. The van der Waals surface area contributed by atoms with Crippen LogP contribution in [0.1, 0.15) is 73.1 Å². The van der Waals surface area contributed by atoms with Crippen molar-refractivity contribution >= 4 is 0 Å². The number of likely N-dealkylation sites (tertiary alicyclic amines) is 1. The molecule has 4 aliphatic carbocycles. The summed E-state index contributed by atoms with van der Waals surface area (Å²) >= 11 is 0. The van der Waals surface area contributed by atoms with Gasteiger partial charge in [-0.2, -0.15) is 0 Å². The minimum absolute atomic E-state index is 0.374. The zero-order valence-electron chi connectivity index (χ0n) is 18.6. The van der Waals surface area contributed by atoms with Gasteiger partial charge in [-0.05, 0) is 101 Å². The first-order valence-corrected chi connectivity index (χ1v) is 12.2. The lowest BCUT2D eigenvalue weighted by atomic mass is 9.46. The molecule has 0 aromatic heterocycles. The van der Waals surface area contributed by atoms with Crippen LogP contribution in [0.3, 0.4) is 0 Å². The molecule has 2 nitrogen and oxygen atoms in total. The molecule has 6 aliphatic rings. The van der Waals surface area contributed by atoms with Gasteiger partial charge in [0.2, 0.25) is 0 Å². The Bertz CT molecular complexity index is 746. The molecule has 28 heavy (non-hydrogen) atoms. The number of rotatable bonds is 2. The van der Waals surface area contributed by atoms with Crippen molar-refractivity contribution in [2.24, 2.45) is 40.9 Å². The van der Waals surface area contributed by atoms with Crippen molar-refractivity contribution < 1.29 is 4.74 Å². The summed E-state index contributed by atoms with van der Waals surface area (Å²) in [5.41, 5.74) is 2.18. The number of ether oxygens (including phenoxy) is 1. The lowest BCUT2D eigenvalue weighted by Gasteiger charge is -2.64. The Morgan fingerprint density at radius 3 is 2.61 bits per heavy atom. The molecule has 6 rings (SSSR count). The highest BCUT2D eigenvalue weighted by molar-refractivity contribution is 5.37. The summed E-state index contributed by atoms with van der Waals surface area (Å²) in [4.78, 5) is 3.01.